The van der Waals surface area contributed by atoms with Gasteiger partial charge in [0.2, 0.25) is 0 Å². The average Bonchev–Trinajstić information content (AvgIpc) is 2.64. The molecular weight excluding hydrogens is 349 g/mol. The van der Waals surface area contributed by atoms with Gasteiger partial charge in [-0.25, -0.2) is 0 Å². The zero-order chi connectivity index (χ0) is 19.3. The minimum Gasteiger partial charge on any atom is -0.493 e. The first-order valence-corrected chi connectivity index (χ1v) is 7.99. The van der Waals surface area contributed by atoms with E-state index in [2.05, 4.69) is 0 Å². The van der Waals surface area contributed by atoms with Crippen molar-refractivity contribution >= 4 is 11.6 Å². The van der Waals surface area contributed by atoms with Gasteiger partial charge in [0.1, 0.15) is 0 Å². The summed E-state index contributed by atoms with van der Waals surface area (Å²) in [5.74, 6) is -1.28. The molecule has 0 heterocycles. The molecule has 0 amide bonds. The van der Waals surface area contributed by atoms with Gasteiger partial charge in [0.05, 0.1) is 20.1 Å². The number of Topliss-reactive ketones (excluding diaryl/α,β-unsaturated/α-hetero) is 2. The molecule has 0 bridgehead atoms. The van der Waals surface area contributed by atoms with Crippen LogP contribution in [0, 0.1) is 5.92 Å². The standard InChI is InChI=1S/C19H19F3O4/c1-25-17-10-5-13(11-18(17)26-2)16(24)9-8-15(23)12-3-6-14(7-4-12)19(20,21)22/h3-6,10-11,14H,7-9H2,1-2H3. The number of ketones is 2. The molecule has 0 aromatic heterocycles. The second-order valence-corrected chi connectivity index (χ2v) is 5.82. The Balaban J connectivity index is 1.95. The second-order valence-electron chi connectivity index (χ2n) is 5.82. The van der Waals surface area contributed by atoms with Gasteiger partial charge in [-0.05, 0) is 24.6 Å². The van der Waals surface area contributed by atoms with E-state index in [0.29, 0.717) is 17.1 Å². The molecule has 0 saturated heterocycles. The molecule has 1 aliphatic carbocycles. The quantitative estimate of drug-likeness (QED) is 0.674. The lowest BCUT2D eigenvalue weighted by Gasteiger charge is -2.18. The summed E-state index contributed by atoms with van der Waals surface area (Å²) in [5.41, 5.74) is 0.589. The summed E-state index contributed by atoms with van der Waals surface area (Å²) in [6.45, 7) is 0. The van der Waals surface area contributed by atoms with Crippen LogP contribution in [-0.2, 0) is 4.79 Å². The Morgan fingerprint density at radius 2 is 1.73 bits per heavy atom. The normalized spacial score (nSPS) is 16.8. The number of allylic oxidation sites excluding steroid dienone is 4. The maximum absolute atomic E-state index is 12.6. The Bertz CT molecular complexity index is 748. The van der Waals surface area contributed by atoms with Crippen LogP contribution in [0.2, 0.25) is 0 Å². The molecule has 0 radical (unpaired) electrons. The Labute approximate surface area is 149 Å². The molecule has 140 valence electrons. The van der Waals surface area contributed by atoms with E-state index in [1.54, 1.807) is 12.1 Å². The van der Waals surface area contributed by atoms with Crippen molar-refractivity contribution in [2.24, 2.45) is 5.92 Å². The van der Waals surface area contributed by atoms with E-state index >= 15 is 0 Å². The highest BCUT2D eigenvalue weighted by atomic mass is 19.4. The van der Waals surface area contributed by atoms with Crippen molar-refractivity contribution < 1.29 is 32.2 Å². The fourth-order valence-corrected chi connectivity index (χ4v) is 2.60. The van der Waals surface area contributed by atoms with E-state index in [0.717, 1.165) is 6.08 Å². The summed E-state index contributed by atoms with van der Waals surface area (Å²) in [6.07, 6.45) is -1.23. The third-order valence-corrected chi connectivity index (χ3v) is 4.13. The number of benzene rings is 1. The van der Waals surface area contributed by atoms with Crippen LogP contribution in [0.25, 0.3) is 0 Å². The van der Waals surface area contributed by atoms with Crippen molar-refractivity contribution in [2.45, 2.75) is 25.4 Å². The molecule has 1 aromatic carbocycles. The molecular formula is C19H19F3O4. The van der Waals surface area contributed by atoms with E-state index in [1.807, 2.05) is 0 Å². The zero-order valence-electron chi connectivity index (χ0n) is 14.4. The molecule has 4 nitrogen and oxygen atoms in total. The Kier molecular flexibility index (Phi) is 6.23. The van der Waals surface area contributed by atoms with Crippen molar-refractivity contribution in [1.82, 2.24) is 0 Å². The lowest BCUT2D eigenvalue weighted by molar-refractivity contribution is -0.160. The third-order valence-electron chi connectivity index (χ3n) is 4.13. The summed E-state index contributed by atoms with van der Waals surface area (Å²) in [4.78, 5) is 24.4. The lowest BCUT2D eigenvalue weighted by atomic mass is 9.92. The van der Waals surface area contributed by atoms with Gasteiger partial charge in [-0.2, -0.15) is 13.2 Å². The molecule has 2 rings (SSSR count). The molecule has 1 aromatic rings. The van der Waals surface area contributed by atoms with Crippen LogP contribution in [0.3, 0.4) is 0 Å². The Hall–Kier alpha value is -2.57. The van der Waals surface area contributed by atoms with Crippen LogP contribution in [0.5, 0.6) is 11.5 Å². The molecule has 1 atom stereocenters. The van der Waals surface area contributed by atoms with Crippen molar-refractivity contribution in [1.29, 1.82) is 0 Å². The monoisotopic (exact) mass is 368 g/mol. The van der Waals surface area contributed by atoms with E-state index in [4.69, 9.17) is 9.47 Å². The number of carbonyl (C=O) groups is 2. The number of rotatable bonds is 7. The number of hydrogen-bond donors (Lipinski definition) is 0. The number of carbonyl (C=O) groups excluding carboxylic acids is 2. The minimum atomic E-state index is -4.31. The van der Waals surface area contributed by atoms with Gasteiger partial charge in [0.15, 0.2) is 23.1 Å². The SMILES string of the molecule is COc1ccc(C(=O)CCC(=O)C2=CCC(C(F)(F)F)C=C2)cc1OC. The zero-order valence-corrected chi connectivity index (χ0v) is 14.4. The molecule has 0 N–H and O–H groups in total. The van der Waals surface area contributed by atoms with E-state index in [9.17, 15) is 22.8 Å². The molecule has 7 heteroatoms. The molecule has 1 aliphatic rings. The molecule has 1 unspecified atom stereocenters. The summed E-state index contributed by atoms with van der Waals surface area (Å²) < 4.78 is 48.0. The topological polar surface area (TPSA) is 52.6 Å². The number of methoxy groups -OCH3 is 2. The first-order valence-electron chi connectivity index (χ1n) is 7.99. The van der Waals surface area contributed by atoms with Crippen LogP contribution in [0.1, 0.15) is 29.6 Å². The Morgan fingerprint density at radius 3 is 2.27 bits per heavy atom. The summed E-state index contributed by atoms with van der Waals surface area (Å²) in [7, 11) is 2.93. The smallest absolute Gasteiger partial charge is 0.395 e. The highest BCUT2D eigenvalue weighted by Gasteiger charge is 2.38. The maximum Gasteiger partial charge on any atom is 0.395 e. The van der Waals surface area contributed by atoms with Gasteiger partial charge in [-0.1, -0.05) is 18.2 Å². The fraction of sp³-hybridized carbons (Fsp3) is 0.368. The maximum atomic E-state index is 12.6. The number of halogens is 3. The number of hydrogen-bond acceptors (Lipinski definition) is 4. The van der Waals surface area contributed by atoms with Crippen LogP contribution in [0.4, 0.5) is 13.2 Å². The van der Waals surface area contributed by atoms with E-state index in [1.165, 1.54) is 32.4 Å². The molecule has 0 spiro atoms. The van der Waals surface area contributed by atoms with Gasteiger partial charge in [0.25, 0.3) is 0 Å². The van der Waals surface area contributed by atoms with Gasteiger partial charge in [0, 0.05) is 24.0 Å². The first-order chi connectivity index (χ1) is 12.3. The highest BCUT2D eigenvalue weighted by Crippen LogP contribution is 2.33. The van der Waals surface area contributed by atoms with Crippen LogP contribution in [-0.4, -0.2) is 32.0 Å². The predicted molar refractivity (Wildman–Crippen MR) is 89.5 cm³/mol. The van der Waals surface area contributed by atoms with Crippen LogP contribution < -0.4 is 9.47 Å². The number of alkyl halides is 3. The predicted octanol–water partition coefficient (Wildman–Crippen LogP) is 4.30. The first kappa shape index (κ1) is 19.8. The van der Waals surface area contributed by atoms with Crippen molar-refractivity contribution in [3.63, 3.8) is 0 Å². The van der Waals surface area contributed by atoms with Crippen molar-refractivity contribution in [3.05, 3.63) is 47.6 Å². The summed E-state index contributed by atoms with van der Waals surface area (Å²) in [5, 5.41) is 0. The van der Waals surface area contributed by atoms with Crippen LogP contribution >= 0.6 is 0 Å². The largest absolute Gasteiger partial charge is 0.493 e. The molecule has 0 aliphatic heterocycles. The molecule has 0 fully saturated rings. The molecule has 0 saturated carbocycles. The minimum absolute atomic E-state index is 0.0395. The van der Waals surface area contributed by atoms with Crippen molar-refractivity contribution in [3.8, 4) is 11.5 Å². The lowest BCUT2D eigenvalue weighted by Crippen LogP contribution is -2.22. The Morgan fingerprint density at radius 1 is 1.08 bits per heavy atom. The van der Waals surface area contributed by atoms with E-state index < -0.39 is 12.1 Å². The van der Waals surface area contributed by atoms with Crippen molar-refractivity contribution in [2.75, 3.05) is 14.2 Å². The van der Waals surface area contributed by atoms with Gasteiger partial charge >= 0.3 is 6.18 Å². The number of ether oxygens (including phenoxy) is 2. The summed E-state index contributed by atoms with van der Waals surface area (Å²) in [6, 6.07) is 4.69. The second kappa shape index (κ2) is 8.21. The highest BCUT2D eigenvalue weighted by molar-refractivity contribution is 6.03. The fourth-order valence-electron chi connectivity index (χ4n) is 2.60. The average molecular weight is 368 g/mol. The van der Waals surface area contributed by atoms with Crippen LogP contribution in [0.15, 0.2) is 42.0 Å². The molecule has 26 heavy (non-hydrogen) atoms. The van der Waals surface area contributed by atoms with Gasteiger partial charge < -0.3 is 9.47 Å². The summed E-state index contributed by atoms with van der Waals surface area (Å²) >= 11 is 0. The van der Waals surface area contributed by atoms with Gasteiger partial charge in [-0.3, -0.25) is 9.59 Å². The third kappa shape index (κ3) is 4.74. The van der Waals surface area contributed by atoms with Gasteiger partial charge in [-0.15, -0.1) is 0 Å². The van der Waals surface area contributed by atoms with E-state index in [-0.39, 0.29) is 36.4 Å².